The van der Waals surface area contributed by atoms with Gasteiger partial charge in [-0.2, -0.15) is 0 Å². The molecule has 0 bridgehead atoms. The Morgan fingerprint density at radius 1 is 1.22 bits per heavy atom. The number of ketones is 1. The van der Waals surface area contributed by atoms with Crippen molar-refractivity contribution in [3.05, 3.63) is 61.8 Å². The fourth-order valence-electron chi connectivity index (χ4n) is 1.48. The van der Waals surface area contributed by atoms with Crippen LogP contribution in [0.4, 0.5) is 0 Å². The molecule has 92 valence electrons. The molecule has 0 N–H and O–H groups in total. The predicted octanol–water partition coefficient (Wildman–Crippen LogP) is 5.26. The van der Waals surface area contributed by atoms with Crippen molar-refractivity contribution in [3.8, 4) is 0 Å². The largest absolute Gasteiger partial charge is 0.289 e. The summed E-state index contributed by atoms with van der Waals surface area (Å²) < 4.78 is 0. The molecule has 2 aromatic rings. The van der Waals surface area contributed by atoms with Gasteiger partial charge in [0.25, 0.3) is 0 Å². The molecule has 4 heteroatoms. The third kappa shape index (κ3) is 3.22. The highest BCUT2D eigenvalue weighted by Gasteiger charge is 2.07. The number of allylic oxidation sites excluding steroid dienone is 1. The van der Waals surface area contributed by atoms with Gasteiger partial charge in [-0.1, -0.05) is 23.2 Å². The number of hydrogen-bond donors (Lipinski definition) is 0. The third-order valence-electron chi connectivity index (χ3n) is 2.36. The van der Waals surface area contributed by atoms with Crippen LogP contribution in [0.2, 0.25) is 10.0 Å². The smallest absolute Gasteiger partial charge is 0.187 e. The highest BCUT2D eigenvalue weighted by Crippen LogP contribution is 2.22. The van der Waals surface area contributed by atoms with E-state index in [9.17, 15) is 4.79 Å². The maximum Gasteiger partial charge on any atom is 0.187 e. The van der Waals surface area contributed by atoms with Gasteiger partial charge >= 0.3 is 0 Å². The van der Waals surface area contributed by atoms with Crippen LogP contribution in [0.15, 0.2) is 36.4 Å². The zero-order chi connectivity index (χ0) is 13.1. The van der Waals surface area contributed by atoms with Gasteiger partial charge in [-0.25, -0.2) is 0 Å². The van der Waals surface area contributed by atoms with E-state index in [0.717, 1.165) is 4.88 Å². The summed E-state index contributed by atoms with van der Waals surface area (Å²) in [5.74, 6) is -0.122. The zero-order valence-electron chi connectivity index (χ0n) is 9.61. The Kier molecular flexibility index (Phi) is 4.23. The van der Waals surface area contributed by atoms with Crippen LogP contribution in [-0.4, -0.2) is 5.78 Å². The number of hydrogen-bond acceptors (Lipinski definition) is 2. The van der Waals surface area contributed by atoms with Gasteiger partial charge in [0.2, 0.25) is 0 Å². The van der Waals surface area contributed by atoms with Crippen molar-refractivity contribution in [1.82, 2.24) is 0 Å². The van der Waals surface area contributed by atoms with Gasteiger partial charge in [-0.05, 0) is 49.4 Å². The first-order valence-corrected chi connectivity index (χ1v) is 6.87. The fourth-order valence-corrected chi connectivity index (χ4v) is 2.76. The lowest BCUT2D eigenvalue weighted by atomic mass is 10.1. The van der Waals surface area contributed by atoms with Crippen molar-refractivity contribution < 1.29 is 4.79 Å². The lowest BCUT2D eigenvalue weighted by molar-refractivity contribution is 0.104. The zero-order valence-corrected chi connectivity index (χ0v) is 11.9. The molecule has 1 nitrogen and oxygen atoms in total. The average molecular weight is 297 g/mol. The van der Waals surface area contributed by atoms with Crippen molar-refractivity contribution >= 4 is 46.4 Å². The van der Waals surface area contributed by atoms with Gasteiger partial charge in [-0.3, -0.25) is 4.79 Å². The highest BCUT2D eigenvalue weighted by atomic mass is 35.5. The molecule has 0 amide bonds. The molecule has 0 aliphatic carbocycles. The summed E-state index contributed by atoms with van der Waals surface area (Å²) >= 11 is 13.4. The van der Waals surface area contributed by atoms with Gasteiger partial charge in [0, 0.05) is 20.3 Å². The van der Waals surface area contributed by atoms with Crippen molar-refractivity contribution in [3.63, 3.8) is 0 Å². The van der Waals surface area contributed by atoms with Crippen LogP contribution in [-0.2, 0) is 0 Å². The highest BCUT2D eigenvalue weighted by molar-refractivity contribution is 7.12. The number of rotatable bonds is 3. The van der Waals surface area contributed by atoms with Gasteiger partial charge in [0.1, 0.15) is 0 Å². The standard InChI is InChI=1S/C14H10Cl2OS/c1-9-2-4-11(18-9)5-7-14(17)12-6-3-10(15)8-13(12)16/h2-8H,1H3. The number of benzene rings is 1. The van der Waals surface area contributed by atoms with Crippen molar-refractivity contribution in [2.45, 2.75) is 6.92 Å². The molecule has 0 spiro atoms. The third-order valence-corrected chi connectivity index (χ3v) is 3.87. The van der Waals surface area contributed by atoms with Crippen molar-refractivity contribution in [2.24, 2.45) is 0 Å². The molecule has 18 heavy (non-hydrogen) atoms. The van der Waals surface area contributed by atoms with E-state index in [1.165, 1.54) is 11.0 Å². The van der Waals surface area contributed by atoms with Crippen LogP contribution in [0.5, 0.6) is 0 Å². The van der Waals surface area contributed by atoms with Crippen molar-refractivity contribution in [1.29, 1.82) is 0 Å². The van der Waals surface area contributed by atoms with E-state index < -0.39 is 0 Å². The Labute approximate surface area is 120 Å². The summed E-state index contributed by atoms with van der Waals surface area (Å²) in [6.07, 6.45) is 3.32. The van der Waals surface area contributed by atoms with Crippen molar-refractivity contribution in [2.75, 3.05) is 0 Å². The molecule has 1 aromatic heterocycles. The molecule has 0 saturated carbocycles. The maximum atomic E-state index is 11.9. The van der Waals surface area contributed by atoms with Gasteiger partial charge in [0.05, 0.1) is 5.02 Å². The van der Waals surface area contributed by atoms with E-state index in [1.54, 1.807) is 35.6 Å². The minimum atomic E-state index is -0.122. The number of carbonyl (C=O) groups is 1. The van der Waals surface area contributed by atoms with Crippen LogP contribution in [0.25, 0.3) is 6.08 Å². The summed E-state index contributed by atoms with van der Waals surface area (Å²) in [5, 5.41) is 0.897. The Morgan fingerprint density at radius 2 is 2.00 bits per heavy atom. The fraction of sp³-hybridized carbons (Fsp3) is 0.0714. The van der Waals surface area contributed by atoms with E-state index in [1.807, 2.05) is 19.1 Å². The first-order valence-electron chi connectivity index (χ1n) is 5.30. The molecule has 0 atom stereocenters. The normalized spacial score (nSPS) is 11.1. The first-order chi connectivity index (χ1) is 8.56. The Bertz CT molecular complexity index is 614. The molecule has 0 fully saturated rings. The second-order valence-corrected chi connectivity index (χ2v) is 5.93. The van der Waals surface area contributed by atoms with Crippen LogP contribution in [0, 0.1) is 6.92 Å². The molecule has 0 aliphatic heterocycles. The number of aryl methyl sites for hydroxylation is 1. The van der Waals surface area contributed by atoms with Crippen LogP contribution in [0.1, 0.15) is 20.1 Å². The van der Waals surface area contributed by atoms with Crippen LogP contribution in [0.3, 0.4) is 0 Å². The van der Waals surface area contributed by atoms with E-state index in [0.29, 0.717) is 15.6 Å². The van der Waals surface area contributed by atoms with E-state index in [-0.39, 0.29) is 5.78 Å². The van der Waals surface area contributed by atoms with Gasteiger partial charge < -0.3 is 0 Å². The molecule has 1 heterocycles. The monoisotopic (exact) mass is 296 g/mol. The van der Waals surface area contributed by atoms with E-state index in [4.69, 9.17) is 23.2 Å². The SMILES string of the molecule is Cc1ccc(C=CC(=O)c2ccc(Cl)cc2Cl)s1. The quantitative estimate of drug-likeness (QED) is 0.558. The number of halogens is 2. The molecule has 0 aliphatic rings. The molecule has 1 aromatic carbocycles. The van der Waals surface area contributed by atoms with Crippen LogP contribution >= 0.6 is 34.5 Å². The average Bonchev–Trinajstić information content (AvgIpc) is 2.72. The summed E-state index contributed by atoms with van der Waals surface area (Å²) in [4.78, 5) is 14.2. The molecular weight excluding hydrogens is 287 g/mol. The lowest BCUT2D eigenvalue weighted by Crippen LogP contribution is -1.94. The second kappa shape index (κ2) is 5.70. The van der Waals surface area contributed by atoms with E-state index in [2.05, 4.69) is 0 Å². The first kappa shape index (κ1) is 13.3. The molecule has 0 saturated heterocycles. The number of carbonyl (C=O) groups excluding carboxylic acids is 1. The summed E-state index contributed by atoms with van der Waals surface area (Å²) in [7, 11) is 0. The Balaban J connectivity index is 2.19. The molecule has 2 rings (SSSR count). The summed E-state index contributed by atoms with van der Waals surface area (Å²) in [6, 6.07) is 8.86. The molecule has 0 unspecified atom stereocenters. The van der Waals surface area contributed by atoms with Gasteiger partial charge in [0.15, 0.2) is 5.78 Å². The summed E-state index contributed by atoms with van der Waals surface area (Å²) in [6.45, 7) is 2.03. The predicted molar refractivity (Wildman–Crippen MR) is 78.9 cm³/mol. The molecular formula is C14H10Cl2OS. The minimum Gasteiger partial charge on any atom is -0.289 e. The minimum absolute atomic E-state index is 0.122. The topological polar surface area (TPSA) is 17.1 Å². The van der Waals surface area contributed by atoms with Crippen LogP contribution < -0.4 is 0 Å². The Hall–Kier alpha value is -1.09. The summed E-state index contributed by atoms with van der Waals surface area (Å²) in [5.41, 5.74) is 0.464. The van der Waals surface area contributed by atoms with E-state index >= 15 is 0 Å². The Morgan fingerprint density at radius 3 is 2.61 bits per heavy atom. The second-order valence-electron chi connectivity index (χ2n) is 3.77. The van der Waals surface area contributed by atoms with Gasteiger partial charge in [-0.15, -0.1) is 11.3 Å². The number of thiophene rings is 1. The maximum absolute atomic E-state index is 11.9. The molecule has 0 radical (unpaired) electrons. The lowest BCUT2D eigenvalue weighted by Gasteiger charge is -1.99.